The van der Waals surface area contributed by atoms with Crippen LogP contribution in [0.5, 0.6) is 0 Å². The van der Waals surface area contributed by atoms with Gasteiger partial charge in [0.1, 0.15) is 9.75 Å². The second-order valence-electron chi connectivity index (χ2n) is 5.85. The number of carbonyl (C=O) groups excluding carboxylic acids is 1. The Morgan fingerprint density at radius 1 is 0.914 bits per heavy atom. The first-order valence-corrected chi connectivity index (χ1v) is 10.0. The second kappa shape index (κ2) is 14.7. The van der Waals surface area contributed by atoms with Crippen molar-refractivity contribution in [2.75, 3.05) is 7.11 Å². The first-order chi connectivity index (χ1) is 14.7. The van der Waals surface area contributed by atoms with E-state index in [1.807, 2.05) is 0 Å². The van der Waals surface area contributed by atoms with Gasteiger partial charge in [-0.1, -0.05) is 7.43 Å². The van der Waals surface area contributed by atoms with Gasteiger partial charge in [-0.2, -0.15) is 0 Å². The van der Waals surface area contributed by atoms with Crippen LogP contribution in [-0.4, -0.2) is 45.1 Å². The van der Waals surface area contributed by atoms with Gasteiger partial charge >= 0.3 is 30.8 Å². The number of esters is 1. The zero-order valence-corrected chi connectivity index (χ0v) is 19.1. The number of alkyl halides is 4. The minimum atomic E-state index is -2.62. The molecule has 4 heterocycles. The number of carboxylic acid groups (broad SMARTS) is 1. The van der Waals surface area contributed by atoms with Gasteiger partial charge in [-0.05, 0) is 24.3 Å². The predicted octanol–water partition coefficient (Wildman–Crippen LogP) is 2.59. The van der Waals surface area contributed by atoms with Gasteiger partial charge in [-0.15, -0.1) is 22.7 Å². The molecule has 0 saturated heterocycles. The molecule has 15 heteroatoms. The molecule has 0 atom stereocenters. The zero-order valence-electron chi connectivity index (χ0n) is 17.5. The van der Waals surface area contributed by atoms with Crippen molar-refractivity contribution < 1.29 is 66.8 Å². The molecule has 0 aliphatic carbocycles. The van der Waals surface area contributed by atoms with E-state index in [9.17, 15) is 27.2 Å². The predicted molar refractivity (Wildman–Crippen MR) is 120 cm³/mol. The van der Waals surface area contributed by atoms with E-state index in [1.54, 1.807) is 0 Å². The fourth-order valence-electron chi connectivity index (χ4n) is 2.57. The number of aromatic nitrogens is 2. The number of pyridine rings is 2. The van der Waals surface area contributed by atoms with Crippen molar-refractivity contribution >= 4 is 55.0 Å². The summed E-state index contributed by atoms with van der Waals surface area (Å²) >= 11 is 1.79. The number of carboxylic acids is 1. The third-order valence-electron chi connectivity index (χ3n) is 3.95. The van der Waals surface area contributed by atoms with Gasteiger partial charge in [0.25, 0.3) is 12.9 Å². The maximum Gasteiger partial charge on any atom is 1.00 e. The molecule has 0 aliphatic rings. The summed E-state index contributed by atoms with van der Waals surface area (Å²) in [6.07, 6.45) is -2.63. The Bertz CT molecular complexity index is 1270. The van der Waals surface area contributed by atoms with Crippen LogP contribution in [0.15, 0.2) is 36.7 Å². The van der Waals surface area contributed by atoms with Crippen LogP contribution in [-0.2, 0) is 4.74 Å². The van der Waals surface area contributed by atoms with Crippen LogP contribution in [0.25, 0.3) is 20.4 Å². The number of hydrogen-bond acceptors (Lipinski definition) is 8. The molecule has 0 aliphatic heterocycles. The van der Waals surface area contributed by atoms with Gasteiger partial charge in [-0.25, -0.2) is 27.2 Å². The van der Waals surface area contributed by atoms with Crippen LogP contribution in [0, 0.1) is 0 Å². The van der Waals surface area contributed by atoms with Gasteiger partial charge in [0.2, 0.25) is 0 Å². The summed E-state index contributed by atoms with van der Waals surface area (Å²) in [5.74, 6) is -1.67. The minimum Gasteiger partial charge on any atom is -0.870 e. The molecule has 0 radical (unpaired) electrons. The van der Waals surface area contributed by atoms with Crippen molar-refractivity contribution in [3.05, 3.63) is 57.5 Å². The Labute approximate surface area is 216 Å². The van der Waals surface area contributed by atoms with Crippen LogP contribution >= 0.6 is 22.7 Å². The van der Waals surface area contributed by atoms with Gasteiger partial charge < -0.3 is 20.8 Å². The number of carbonyl (C=O) groups is 2. The number of nitrogens with zero attached hydrogens (tertiary/aromatic N) is 2. The molecule has 0 spiro atoms. The van der Waals surface area contributed by atoms with Crippen LogP contribution in [0.2, 0.25) is 0 Å². The Morgan fingerprint density at radius 2 is 1.31 bits per heavy atom. The third-order valence-corrected chi connectivity index (χ3v) is 6.27. The average molecular weight is 530 g/mol. The standard InChI is InChI=1S/C10H7F2NO2S.C9H5F2NO2S.CH4.Li.2H2O/c1-15-10(14)7-4-6-8(16-7)5(9(11)12)2-3-13-6;10-8(11)4-1-2-12-5-3-6(9(13)14)15-7(4)5;;;;/h2-4,9H,1H3;1-3,8H,(H,13,14);1H4;;2*1H2/q;;;+1;;/p-1. The van der Waals surface area contributed by atoms with Gasteiger partial charge in [-0.3, -0.25) is 9.97 Å². The van der Waals surface area contributed by atoms with Crippen molar-refractivity contribution in [2.45, 2.75) is 20.3 Å². The number of thiophene rings is 2. The molecular formula is C20H19F4LiN2O6S2. The summed E-state index contributed by atoms with van der Waals surface area (Å²) in [4.78, 5) is 30.0. The van der Waals surface area contributed by atoms with Crippen molar-refractivity contribution in [1.82, 2.24) is 9.97 Å². The summed E-state index contributed by atoms with van der Waals surface area (Å²) in [6.45, 7) is 0. The number of fused-ring (bicyclic) bond motifs is 2. The fourth-order valence-corrected chi connectivity index (χ4v) is 4.58. The number of aromatic carboxylic acids is 1. The summed E-state index contributed by atoms with van der Waals surface area (Å²) in [6, 6.07) is 5.21. The van der Waals surface area contributed by atoms with E-state index >= 15 is 0 Å². The summed E-state index contributed by atoms with van der Waals surface area (Å²) in [7, 11) is 1.24. The van der Waals surface area contributed by atoms with Crippen molar-refractivity contribution in [3.63, 3.8) is 0 Å². The Hall–Kier alpha value is -2.60. The maximum atomic E-state index is 12.7. The molecule has 0 bridgehead atoms. The number of hydrogen-bond donors (Lipinski definition) is 1. The molecule has 0 aromatic carbocycles. The Kier molecular flexibility index (Phi) is 14.5. The number of rotatable bonds is 4. The Morgan fingerprint density at radius 3 is 1.69 bits per heavy atom. The molecule has 4 aromatic rings. The normalized spacial score (nSPS) is 9.80. The number of methoxy groups -OCH3 is 1. The zero-order chi connectivity index (χ0) is 22.7. The van der Waals surface area contributed by atoms with Crippen molar-refractivity contribution in [2.24, 2.45) is 0 Å². The largest absolute Gasteiger partial charge is 1.00 e. The molecule has 0 amide bonds. The molecular weight excluding hydrogens is 511 g/mol. The number of ether oxygens (including phenoxy) is 1. The van der Waals surface area contributed by atoms with E-state index in [1.165, 1.54) is 43.8 Å². The minimum absolute atomic E-state index is 0. The molecule has 4 rings (SSSR count). The van der Waals surface area contributed by atoms with Crippen LogP contribution in [0.3, 0.4) is 0 Å². The second-order valence-corrected chi connectivity index (χ2v) is 7.95. The number of halogens is 4. The van der Waals surface area contributed by atoms with Crippen molar-refractivity contribution in [3.8, 4) is 0 Å². The van der Waals surface area contributed by atoms with E-state index in [2.05, 4.69) is 14.7 Å². The maximum absolute atomic E-state index is 12.7. The van der Waals surface area contributed by atoms with E-state index < -0.39 is 24.8 Å². The third kappa shape index (κ3) is 7.69. The van der Waals surface area contributed by atoms with Crippen molar-refractivity contribution in [1.29, 1.82) is 0 Å². The molecule has 0 fully saturated rings. The summed E-state index contributed by atoms with van der Waals surface area (Å²) in [5, 5.41) is 8.71. The first kappa shape index (κ1) is 34.6. The van der Waals surface area contributed by atoms with Gasteiger partial charge in [0, 0.05) is 23.5 Å². The topological polar surface area (TPSA) is 151 Å². The van der Waals surface area contributed by atoms with E-state index in [0.717, 1.165) is 22.7 Å². The van der Waals surface area contributed by atoms with E-state index in [-0.39, 0.29) is 62.8 Å². The monoisotopic (exact) mass is 530 g/mol. The van der Waals surface area contributed by atoms with Crippen LogP contribution < -0.4 is 18.9 Å². The van der Waals surface area contributed by atoms with Crippen LogP contribution in [0.4, 0.5) is 17.6 Å². The molecule has 0 unspecified atom stereocenters. The van der Waals surface area contributed by atoms with Gasteiger partial charge in [0.15, 0.2) is 0 Å². The SMILES string of the molecule is C.COC(=O)c1cc2nccc(C(F)F)c2s1.O.O=C(O)c1cc2nccc(C(F)F)c2s1.[Li+].[OH-]. The summed E-state index contributed by atoms with van der Waals surface area (Å²) in [5.41, 5.74) is 0.418. The molecule has 35 heavy (non-hydrogen) atoms. The first-order valence-electron chi connectivity index (χ1n) is 8.37. The Balaban J connectivity index is 0. The van der Waals surface area contributed by atoms with E-state index in [0.29, 0.717) is 15.7 Å². The fraction of sp³-hybridized carbons (Fsp3) is 0.200. The van der Waals surface area contributed by atoms with E-state index in [4.69, 9.17) is 5.11 Å². The molecule has 4 N–H and O–H groups in total. The molecule has 4 aromatic heterocycles. The van der Waals surface area contributed by atoms with Crippen LogP contribution in [0.1, 0.15) is 50.7 Å². The molecule has 8 nitrogen and oxygen atoms in total. The molecule has 186 valence electrons. The summed E-state index contributed by atoms with van der Waals surface area (Å²) < 4.78 is 55.5. The average Bonchev–Trinajstić information content (AvgIpc) is 3.37. The molecule has 0 saturated carbocycles. The quantitative estimate of drug-likeness (QED) is 0.242. The smallest absolute Gasteiger partial charge is 0.870 e. The van der Waals surface area contributed by atoms with Gasteiger partial charge in [0.05, 0.1) is 27.5 Å².